The number of aromatic amines is 1. The number of nitrogens with one attached hydrogen (secondary N) is 2. The molecular formula is C17H16N4O. The number of carbonyl (C=O) groups is 1. The highest BCUT2D eigenvalue weighted by Gasteiger charge is 2.07. The molecule has 3 rings (SSSR count). The van der Waals surface area contributed by atoms with Gasteiger partial charge in [0.25, 0.3) is 5.91 Å². The van der Waals surface area contributed by atoms with Gasteiger partial charge in [0.2, 0.25) is 0 Å². The molecule has 5 heteroatoms. The maximum Gasteiger partial charge on any atom is 0.256 e. The van der Waals surface area contributed by atoms with Crippen molar-refractivity contribution in [2.24, 2.45) is 0 Å². The molecule has 1 amide bonds. The molecule has 110 valence electrons. The Balaban J connectivity index is 1.75. The lowest BCUT2D eigenvalue weighted by Crippen LogP contribution is -2.11. The van der Waals surface area contributed by atoms with E-state index in [0.29, 0.717) is 11.4 Å². The summed E-state index contributed by atoms with van der Waals surface area (Å²) >= 11 is 0. The largest absolute Gasteiger partial charge is 0.305 e. The smallest absolute Gasteiger partial charge is 0.256 e. The van der Waals surface area contributed by atoms with Crippen LogP contribution < -0.4 is 5.32 Å². The van der Waals surface area contributed by atoms with Crippen LogP contribution in [0.1, 0.15) is 22.8 Å². The molecule has 0 fully saturated rings. The molecule has 2 N–H and O–H groups in total. The number of anilines is 1. The van der Waals surface area contributed by atoms with Crippen molar-refractivity contribution in [1.29, 1.82) is 0 Å². The molecule has 5 nitrogen and oxygen atoms in total. The number of H-pyrrole nitrogens is 1. The summed E-state index contributed by atoms with van der Waals surface area (Å²) in [6, 6.07) is 13.1. The van der Waals surface area contributed by atoms with Crippen molar-refractivity contribution in [2.75, 3.05) is 5.32 Å². The molecule has 3 aromatic rings. The van der Waals surface area contributed by atoms with E-state index in [1.807, 2.05) is 24.4 Å². The Morgan fingerprint density at radius 2 is 1.95 bits per heavy atom. The van der Waals surface area contributed by atoms with E-state index in [0.717, 1.165) is 17.7 Å². The van der Waals surface area contributed by atoms with E-state index < -0.39 is 0 Å². The average Bonchev–Trinajstić information content (AvgIpc) is 3.08. The van der Waals surface area contributed by atoms with Gasteiger partial charge in [0.05, 0.1) is 5.69 Å². The molecule has 0 aliphatic carbocycles. The molecule has 0 spiro atoms. The number of nitrogens with zero attached hydrogens (tertiary/aromatic N) is 2. The van der Waals surface area contributed by atoms with Gasteiger partial charge in [0.15, 0.2) is 5.82 Å². The van der Waals surface area contributed by atoms with Crippen molar-refractivity contribution in [2.45, 2.75) is 13.3 Å². The minimum absolute atomic E-state index is 0.187. The lowest BCUT2D eigenvalue weighted by Gasteiger charge is -2.05. The van der Waals surface area contributed by atoms with Gasteiger partial charge in [-0.2, -0.15) is 5.10 Å². The molecule has 2 aromatic heterocycles. The molecule has 0 unspecified atom stereocenters. The Bertz CT molecular complexity index is 746. The summed E-state index contributed by atoms with van der Waals surface area (Å²) in [5.74, 6) is 0.318. The van der Waals surface area contributed by atoms with E-state index >= 15 is 0 Å². The fraction of sp³-hybridized carbons (Fsp3) is 0.118. The number of benzene rings is 1. The number of hydrogen-bond donors (Lipinski definition) is 2. The maximum atomic E-state index is 12.1. The van der Waals surface area contributed by atoms with Crippen LogP contribution in [0.25, 0.3) is 11.3 Å². The highest BCUT2D eigenvalue weighted by Crippen LogP contribution is 2.18. The van der Waals surface area contributed by atoms with Gasteiger partial charge in [-0.3, -0.25) is 14.9 Å². The van der Waals surface area contributed by atoms with E-state index in [9.17, 15) is 4.79 Å². The van der Waals surface area contributed by atoms with E-state index in [-0.39, 0.29) is 5.91 Å². The first kappa shape index (κ1) is 14.0. The van der Waals surface area contributed by atoms with Crippen LogP contribution in [0.4, 0.5) is 5.82 Å². The molecule has 0 saturated heterocycles. The molecule has 22 heavy (non-hydrogen) atoms. The second-order valence-electron chi connectivity index (χ2n) is 4.90. The Hall–Kier alpha value is -2.95. The summed E-state index contributed by atoms with van der Waals surface area (Å²) in [4.78, 5) is 16.5. The van der Waals surface area contributed by atoms with Crippen molar-refractivity contribution >= 4 is 11.7 Å². The number of aryl methyl sites for hydroxylation is 1. The minimum atomic E-state index is -0.187. The van der Waals surface area contributed by atoms with E-state index in [2.05, 4.69) is 33.5 Å². The van der Waals surface area contributed by atoms with Crippen molar-refractivity contribution in [3.05, 3.63) is 66.0 Å². The van der Waals surface area contributed by atoms with Crippen molar-refractivity contribution < 1.29 is 4.79 Å². The third-order valence-electron chi connectivity index (χ3n) is 3.42. The fourth-order valence-electron chi connectivity index (χ4n) is 2.12. The van der Waals surface area contributed by atoms with Gasteiger partial charge in [-0.05, 0) is 30.2 Å². The predicted molar refractivity (Wildman–Crippen MR) is 85.6 cm³/mol. The third kappa shape index (κ3) is 3.03. The number of pyridine rings is 1. The van der Waals surface area contributed by atoms with E-state index in [4.69, 9.17) is 0 Å². The number of carbonyl (C=O) groups excluding carboxylic acids is 1. The first-order valence-electron chi connectivity index (χ1n) is 7.13. The Morgan fingerprint density at radius 1 is 1.14 bits per heavy atom. The Morgan fingerprint density at radius 3 is 2.55 bits per heavy atom. The van der Waals surface area contributed by atoms with Crippen LogP contribution in [0.3, 0.4) is 0 Å². The second-order valence-corrected chi connectivity index (χ2v) is 4.90. The maximum absolute atomic E-state index is 12.1. The van der Waals surface area contributed by atoms with Gasteiger partial charge in [-0.15, -0.1) is 0 Å². The van der Waals surface area contributed by atoms with Crippen molar-refractivity contribution in [3.8, 4) is 11.3 Å². The van der Waals surface area contributed by atoms with Crippen LogP contribution in [-0.2, 0) is 6.42 Å². The average molecular weight is 292 g/mol. The third-order valence-corrected chi connectivity index (χ3v) is 3.42. The van der Waals surface area contributed by atoms with Gasteiger partial charge in [0.1, 0.15) is 0 Å². The summed E-state index contributed by atoms with van der Waals surface area (Å²) in [5, 5.41) is 9.27. The first-order valence-corrected chi connectivity index (χ1v) is 7.13. The van der Waals surface area contributed by atoms with Crippen LogP contribution in [0.2, 0.25) is 0 Å². The lowest BCUT2D eigenvalue weighted by atomic mass is 10.1. The lowest BCUT2D eigenvalue weighted by molar-refractivity contribution is 0.102. The molecule has 0 atom stereocenters. The molecule has 0 bridgehead atoms. The topological polar surface area (TPSA) is 70.7 Å². The Kier molecular flexibility index (Phi) is 3.96. The quantitative estimate of drug-likeness (QED) is 0.775. The zero-order valence-electron chi connectivity index (χ0n) is 12.2. The van der Waals surface area contributed by atoms with Crippen LogP contribution in [-0.4, -0.2) is 21.1 Å². The number of rotatable bonds is 4. The molecule has 1 aromatic carbocycles. The van der Waals surface area contributed by atoms with Gasteiger partial charge in [-0.25, -0.2) is 0 Å². The standard InChI is InChI=1S/C17H16N4O/c1-2-12-3-8-15(18-11-12)13-4-6-14(7-5-13)17(22)20-16-9-10-19-21-16/h3-11H,2H2,1H3,(H2,19,20,21,22). The monoisotopic (exact) mass is 292 g/mol. The SMILES string of the molecule is CCc1ccc(-c2ccc(C(=O)Nc3cc[nH]n3)cc2)nc1. The zero-order chi connectivity index (χ0) is 15.4. The van der Waals surface area contributed by atoms with E-state index in [1.165, 1.54) is 5.56 Å². The Labute approximate surface area is 128 Å². The van der Waals surface area contributed by atoms with Gasteiger partial charge < -0.3 is 5.32 Å². The van der Waals surface area contributed by atoms with Crippen LogP contribution >= 0.6 is 0 Å². The number of amides is 1. The first-order chi connectivity index (χ1) is 10.8. The molecule has 0 aliphatic heterocycles. The van der Waals surface area contributed by atoms with Gasteiger partial charge >= 0.3 is 0 Å². The highest BCUT2D eigenvalue weighted by molar-refractivity contribution is 6.03. The van der Waals surface area contributed by atoms with E-state index in [1.54, 1.807) is 24.4 Å². The van der Waals surface area contributed by atoms with Gasteiger partial charge in [-0.1, -0.05) is 25.1 Å². The number of hydrogen-bond acceptors (Lipinski definition) is 3. The second kappa shape index (κ2) is 6.22. The van der Waals surface area contributed by atoms with Crippen molar-refractivity contribution in [1.82, 2.24) is 15.2 Å². The molecule has 2 heterocycles. The fourth-order valence-corrected chi connectivity index (χ4v) is 2.12. The molecule has 0 radical (unpaired) electrons. The minimum Gasteiger partial charge on any atom is -0.305 e. The summed E-state index contributed by atoms with van der Waals surface area (Å²) in [5.41, 5.74) is 3.67. The summed E-state index contributed by atoms with van der Waals surface area (Å²) < 4.78 is 0. The summed E-state index contributed by atoms with van der Waals surface area (Å²) in [6.07, 6.45) is 4.51. The van der Waals surface area contributed by atoms with Crippen LogP contribution in [0.5, 0.6) is 0 Å². The molecular weight excluding hydrogens is 276 g/mol. The summed E-state index contributed by atoms with van der Waals surface area (Å²) in [7, 11) is 0. The highest BCUT2D eigenvalue weighted by atomic mass is 16.1. The predicted octanol–water partition coefficient (Wildman–Crippen LogP) is 3.29. The van der Waals surface area contributed by atoms with Crippen LogP contribution in [0.15, 0.2) is 54.9 Å². The van der Waals surface area contributed by atoms with Gasteiger partial charge in [0, 0.05) is 29.6 Å². The normalized spacial score (nSPS) is 10.4. The molecule has 0 aliphatic rings. The van der Waals surface area contributed by atoms with Crippen molar-refractivity contribution in [3.63, 3.8) is 0 Å². The number of aromatic nitrogens is 3. The zero-order valence-corrected chi connectivity index (χ0v) is 12.2. The summed E-state index contributed by atoms with van der Waals surface area (Å²) in [6.45, 7) is 2.10. The van der Waals surface area contributed by atoms with Crippen LogP contribution in [0, 0.1) is 0 Å². The molecule has 0 saturated carbocycles.